The van der Waals surface area contributed by atoms with Gasteiger partial charge in [0.15, 0.2) is 0 Å². The molecule has 0 heterocycles. The van der Waals surface area contributed by atoms with Crippen LogP contribution >= 0.6 is 31.9 Å². The zero-order valence-electron chi connectivity index (χ0n) is 11.5. The molecular weight excluding hydrogens is 384 g/mol. The summed E-state index contributed by atoms with van der Waals surface area (Å²) in [5.74, 6) is 1.78. The molecule has 4 heteroatoms. The second-order valence-electron chi connectivity index (χ2n) is 4.48. The molecule has 0 saturated heterocycles. The zero-order valence-corrected chi connectivity index (χ0v) is 14.6. The Balaban J connectivity index is 2.18. The van der Waals surface area contributed by atoms with Gasteiger partial charge in [-0.15, -0.1) is 0 Å². The Hall–Kier alpha value is -1.000. The third-order valence-electron chi connectivity index (χ3n) is 2.98. The predicted molar refractivity (Wildman–Crippen MR) is 88.8 cm³/mol. The van der Waals surface area contributed by atoms with E-state index in [1.165, 1.54) is 0 Å². The number of aryl methyl sites for hydroxylation is 1. The van der Waals surface area contributed by atoms with Crippen molar-refractivity contribution in [3.8, 4) is 11.5 Å². The van der Waals surface area contributed by atoms with Gasteiger partial charge in [0.25, 0.3) is 0 Å². The topological polar surface area (TPSA) is 18.5 Å². The van der Waals surface area contributed by atoms with Crippen LogP contribution in [0.15, 0.2) is 40.9 Å². The number of hydrogen-bond donors (Lipinski definition) is 0. The molecule has 2 nitrogen and oxygen atoms in total. The van der Waals surface area contributed by atoms with Crippen molar-refractivity contribution >= 4 is 31.9 Å². The third-order valence-corrected chi connectivity index (χ3v) is 4.04. The lowest BCUT2D eigenvalue weighted by Crippen LogP contribution is -2.00. The first-order valence-electron chi connectivity index (χ1n) is 6.24. The van der Waals surface area contributed by atoms with E-state index < -0.39 is 0 Å². The summed E-state index contributed by atoms with van der Waals surface area (Å²) in [6.07, 6.45) is 0. The Kier molecular flexibility index (Phi) is 5.49. The normalized spacial score (nSPS) is 10.4. The number of hydrogen-bond acceptors (Lipinski definition) is 2. The molecule has 106 valence electrons. The van der Waals surface area contributed by atoms with Gasteiger partial charge >= 0.3 is 0 Å². The average Bonchev–Trinajstić information content (AvgIpc) is 2.45. The molecule has 2 rings (SSSR count). The van der Waals surface area contributed by atoms with Crippen molar-refractivity contribution in [2.24, 2.45) is 0 Å². The Labute approximate surface area is 136 Å². The quantitative estimate of drug-likeness (QED) is 0.640. The van der Waals surface area contributed by atoms with Gasteiger partial charge in [0.05, 0.1) is 7.11 Å². The summed E-state index contributed by atoms with van der Waals surface area (Å²) in [6, 6.07) is 12.1. The van der Waals surface area contributed by atoms with Gasteiger partial charge in [-0.1, -0.05) is 44.0 Å². The maximum absolute atomic E-state index is 5.99. The molecule has 0 unspecified atom stereocenters. The van der Waals surface area contributed by atoms with E-state index in [9.17, 15) is 0 Å². The van der Waals surface area contributed by atoms with Gasteiger partial charge in [-0.3, -0.25) is 0 Å². The van der Waals surface area contributed by atoms with Gasteiger partial charge in [-0.25, -0.2) is 0 Å². The van der Waals surface area contributed by atoms with Crippen LogP contribution in [-0.2, 0) is 11.9 Å². The van der Waals surface area contributed by atoms with Gasteiger partial charge in [-0.2, -0.15) is 0 Å². The maximum Gasteiger partial charge on any atom is 0.126 e. The van der Waals surface area contributed by atoms with Crippen LogP contribution in [0.2, 0.25) is 0 Å². The monoisotopic (exact) mass is 398 g/mol. The molecule has 0 amide bonds. The number of benzene rings is 2. The van der Waals surface area contributed by atoms with Crippen molar-refractivity contribution < 1.29 is 9.47 Å². The van der Waals surface area contributed by atoms with Crippen LogP contribution in [0, 0.1) is 6.92 Å². The van der Waals surface area contributed by atoms with E-state index in [1.54, 1.807) is 7.11 Å². The van der Waals surface area contributed by atoms with Crippen LogP contribution in [0.3, 0.4) is 0 Å². The van der Waals surface area contributed by atoms with Crippen LogP contribution in [0.1, 0.15) is 16.7 Å². The molecule has 2 aromatic rings. The number of methoxy groups -OCH3 is 1. The van der Waals surface area contributed by atoms with E-state index in [0.717, 1.165) is 38.0 Å². The molecule has 0 fully saturated rings. The van der Waals surface area contributed by atoms with Crippen molar-refractivity contribution in [2.45, 2.75) is 18.9 Å². The highest BCUT2D eigenvalue weighted by molar-refractivity contribution is 9.10. The summed E-state index contributed by atoms with van der Waals surface area (Å²) in [7, 11) is 1.67. The zero-order chi connectivity index (χ0) is 14.5. The fourth-order valence-electron chi connectivity index (χ4n) is 2.02. The molecular formula is C16H16Br2O2. The first kappa shape index (κ1) is 15.4. The third kappa shape index (κ3) is 3.76. The lowest BCUT2D eigenvalue weighted by molar-refractivity contribution is 0.301. The van der Waals surface area contributed by atoms with Crippen LogP contribution in [0.4, 0.5) is 0 Å². The minimum atomic E-state index is 0.527. The molecule has 0 aliphatic heterocycles. The SMILES string of the molecule is COc1cccc(COc2c(C)cc(Br)cc2CBr)c1. The summed E-state index contributed by atoms with van der Waals surface area (Å²) in [6.45, 7) is 2.58. The van der Waals surface area contributed by atoms with E-state index in [2.05, 4.69) is 50.9 Å². The van der Waals surface area contributed by atoms with Gasteiger partial charge in [0, 0.05) is 15.4 Å². The molecule has 0 spiro atoms. The second-order valence-corrected chi connectivity index (χ2v) is 5.96. The minimum Gasteiger partial charge on any atom is -0.497 e. The molecule has 0 radical (unpaired) electrons. The van der Waals surface area contributed by atoms with E-state index >= 15 is 0 Å². The molecule has 0 bridgehead atoms. The van der Waals surface area contributed by atoms with Gasteiger partial charge in [0.1, 0.15) is 18.1 Å². The van der Waals surface area contributed by atoms with Crippen molar-refractivity contribution in [3.05, 3.63) is 57.6 Å². The van der Waals surface area contributed by atoms with Gasteiger partial charge in [0.2, 0.25) is 0 Å². The number of ether oxygens (including phenoxy) is 2. The number of rotatable bonds is 5. The highest BCUT2D eigenvalue weighted by Crippen LogP contribution is 2.30. The fraction of sp³-hybridized carbons (Fsp3) is 0.250. The Bertz CT molecular complexity index is 597. The summed E-state index contributed by atoms with van der Waals surface area (Å²) >= 11 is 7.01. The van der Waals surface area contributed by atoms with Crippen molar-refractivity contribution in [1.29, 1.82) is 0 Å². The van der Waals surface area contributed by atoms with Crippen molar-refractivity contribution in [2.75, 3.05) is 7.11 Å². The molecule has 2 aromatic carbocycles. The second kappa shape index (κ2) is 7.14. The highest BCUT2D eigenvalue weighted by atomic mass is 79.9. The average molecular weight is 400 g/mol. The fourth-order valence-corrected chi connectivity index (χ4v) is 3.06. The first-order chi connectivity index (χ1) is 9.63. The lowest BCUT2D eigenvalue weighted by Gasteiger charge is -2.14. The predicted octanol–water partition coefficient (Wildman–Crippen LogP) is 5.24. The van der Waals surface area contributed by atoms with E-state index in [4.69, 9.17) is 9.47 Å². The van der Waals surface area contributed by atoms with Crippen molar-refractivity contribution in [1.82, 2.24) is 0 Å². The largest absolute Gasteiger partial charge is 0.497 e. The minimum absolute atomic E-state index is 0.527. The van der Waals surface area contributed by atoms with Crippen LogP contribution in [0.25, 0.3) is 0 Å². The van der Waals surface area contributed by atoms with Crippen molar-refractivity contribution in [3.63, 3.8) is 0 Å². The number of halogens is 2. The molecule has 20 heavy (non-hydrogen) atoms. The molecule has 0 N–H and O–H groups in total. The Morgan fingerprint density at radius 2 is 1.95 bits per heavy atom. The molecule has 0 saturated carbocycles. The molecule has 0 aromatic heterocycles. The number of alkyl halides is 1. The standard InChI is InChI=1S/C16H16Br2O2/c1-11-6-14(18)8-13(9-17)16(11)20-10-12-4-3-5-15(7-12)19-2/h3-8H,9-10H2,1-2H3. The van der Waals surface area contributed by atoms with E-state index in [0.29, 0.717) is 6.61 Å². The smallest absolute Gasteiger partial charge is 0.126 e. The van der Waals surface area contributed by atoms with Crippen LogP contribution < -0.4 is 9.47 Å². The molecule has 0 atom stereocenters. The lowest BCUT2D eigenvalue weighted by atomic mass is 10.1. The summed E-state index contributed by atoms with van der Waals surface area (Å²) in [4.78, 5) is 0. The molecule has 0 aliphatic carbocycles. The van der Waals surface area contributed by atoms with E-state index in [1.807, 2.05) is 24.3 Å². The molecule has 0 aliphatic rings. The van der Waals surface area contributed by atoms with Gasteiger partial charge in [-0.05, 0) is 42.3 Å². The van der Waals surface area contributed by atoms with E-state index in [-0.39, 0.29) is 0 Å². The summed E-state index contributed by atoms with van der Waals surface area (Å²) < 4.78 is 12.3. The highest BCUT2D eigenvalue weighted by Gasteiger charge is 2.08. The van der Waals surface area contributed by atoms with Gasteiger partial charge < -0.3 is 9.47 Å². The first-order valence-corrected chi connectivity index (χ1v) is 8.16. The summed E-state index contributed by atoms with van der Waals surface area (Å²) in [5, 5.41) is 0.765. The Morgan fingerprint density at radius 1 is 1.15 bits per heavy atom. The van der Waals surface area contributed by atoms with Crippen LogP contribution in [-0.4, -0.2) is 7.11 Å². The Morgan fingerprint density at radius 3 is 2.65 bits per heavy atom. The van der Waals surface area contributed by atoms with Crippen LogP contribution in [0.5, 0.6) is 11.5 Å². The summed E-state index contributed by atoms with van der Waals surface area (Å²) in [5.41, 5.74) is 3.35. The maximum atomic E-state index is 5.99.